The minimum Gasteiger partial charge on any atom is -0.466 e. The van der Waals surface area contributed by atoms with Gasteiger partial charge in [-0.3, -0.25) is 4.79 Å². The first kappa shape index (κ1) is 21.8. The molecule has 0 atom stereocenters. The standard InChI is InChI=1S/C20H19F3N2O4S/c1-3-29-18(26)7-4-13-10-16(19(24-12-13)30(27,28)20(21,22)23)14-5-6-17-15(11-14)8-9-25(17)2/h5-6,8-12H,3-4,7H2,1-2H3. The number of pyridine rings is 1. The lowest BCUT2D eigenvalue weighted by atomic mass is 10.0. The number of fused-ring (bicyclic) bond motifs is 1. The highest BCUT2D eigenvalue weighted by Gasteiger charge is 2.49. The quantitative estimate of drug-likeness (QED) is 0.541. The number of ether oxygens (including phenoxy) is 1. The molecule has 160 valence electrons. The Bertz CT molecular complexity index is 1200. The van der Waals surface area contributed by atoms with Crippen molar-refractivity contribution in [2.24, 2.45) is 7.05 Å². The largest absolute Gasteiger partial charge is 0.503 e. The van der Waals surface area contributed by atoms with Crippen molar-refractivity contribution in [2.45, 2.75) is 30.3 Å². The van der Waals surface area contributed by atoms with E-state index in [1.54, 1.807) is 37.4 Å². The molecule has 0 unspecified atom stereocenters. The van der Waals surface area contributed by atoms with E-state index in [1.807, 2.05) is 11.6 Å². The zero-order valence-electron chi connectivity index (χ0n) is 16.2. The monoisotopic (exact) mass is 440 g/mol. The number of benzene rings is 1. The van der Waals surface area contributed by atoms with Gasteiger partial charge in [0.15, 0.2) is 5.03 Å². The molecule has 30 heavy (non-hydrogen) atoms. The van der Waals surface area contributed by atoms with Crippen molar-refractivity contribution >= 4 is 26.7 Å². The van der Waals surface area contributed by atoms with Gasteiger partial charge >= 0.3 is 11.5 Å². The number of esters is 1. The number of hydrogen-bond acceptors (Lipinski definition) is 5. The van der Waals surface area contributed by atoms with Gasteiger partial charge < -0.3 is 9.30 Å². The summed E-state index contributed by atoms with van der Waals surface area (Å²) in [5, 5.41) is -0.326. The number of halogens is 3. The topological polar surface area (TPSA) is 78.3 Å². The van der Waals surface area contributed by atoms with Gasteiger partial charge in [0.05, 0.1) is 6.61 Å². The minimum atomic E-state index is -5.67. The second kappa shape index (κ2) is 8.10. The third kappa shape index (κ3) is 4.18. The molecule has 0 aliphatic carbocycles. The van der Waals surface area contributed by atoms with Crippen LogP contribution in [0.2, 0.25) is 0 Å². The molecule has 3 rings (SSSR count). The van der Waals surface area contributed by atoms with Crippen LogP contribution in [0.3, 0.4) is 0 Å². The van der Waals surface area contributed by atoms with Gasteiger partial charge in [0.2, 0.25) is 0 Å². The molecule has 2 aromatic heterocycles. The summed E-state index contributed by atoms with van der Waals surface area (Å²) in [5.41, 5.74) is -4.11. The predicted molar refractivity (Wildman–Crippen MR) is 104 cm³/mol. The zero-order chi connectivity index (χ0) is 22.1. The first-order valence-electron chi connectivity index (χ1n) is 9.06. The number of hydrogen-bond donors (Lipinski definition) is 0. The van der Waals surface area contributed by atoms with Crippen LogP contribution < -0.4 is 0 Å². The molecule has 0 amide bonds. The molecule has 0 aliphatic rings. The molecule has 0 N–H and O–H groups in total. The fourth-order valence-corrected chi connectivity index (χ4v) is 3.97. The van der Waals surface area contributed by atoms with Crippen LogP contribution in [0, 0.1) is 0 Å². The van der Waals surface area contributed by atoms with Crippen molar-refractivity contribution in [1.82, 2.24) is 9.55 Å². The van der Waals surface area contributed by atoms with Crippen molar-refractivity contribution in [2.75, 3.05) is 6.61 Å². The van der Waals surface area contributed by atoms with Crippen LogP contribution in [0.5, 0.6) is 0 Å². The highest BCUT2D eigenvalue weighted by Crippen LogP contribution is 2.36. The summed E-state index contributed by atoms with van der Waals surface area (Å²) in [6.45, 7) is 1.87. The van der Waals surface area contributed by atoms with E-state index in [0.29, 0.717) is 5.56 Å². The van der Waals surface area contributed by atoms with Gasteiger partial charge in [-0.1, -0.05) is 6.07 Å². The third-order valence-corrected chi connectivity index (χ3v) is 6.03. The molecule has 6 nitrogen and oxygen atoms in total. The Hall–Kier alpha value is -2.88. The molecule has 2 heterocycles. The van der Waals surface area contributed by atoms with Gasteiger partial charge in [0.1, 0.15) is 0 Å². The molecule has 0 saturated carbocycles. The Morgan fingerprint density at radius 1 is 1.20 bits per heavy atom. The van der Waals surface area contributed by atoms with Crippen LogP contribution in [0.15, 0.2) is 47.8 Å². The molecule has 0 radical (unpaired) electrons. The number of carbonyl (C=O) groups excluding carboxylic acids is 1. The number of aromatic nitrogens is 2. The molecule has 0 fully saturated rings. The number of nitrogens with zero attached hydrogens (tertiary/aromatic N) is 2. The van der Waals surface area contributed by atoms with Crippen LogP contribution in [0.1, 0.15) is 18.9 Å². The third-order valence-electron chi connectivity index (χ3n) is 4.59. The SMILES string of the molecule is CCOC(=O)CCc1cnc(S(=O)(=O)C(F)(F)F)c(-c2ccc3c(ccn3C)c2)c1. The first-order chi connectivity index (χ1) is 14.0. The van der Waals surface area contributed by atoms with Crippen molar-refractivity contribution in [1.29, 1.82) is 0 Å². The van der Waals surface area contributed by atoms with Crippen molar-refractivity contribution in [3.05, 3.63) is 48.3 Å². The summed E-state index contributed by atoms with van der Waals surface area (Å²) in [5.74, 6) is -0.461. The maximum atomic E-state index is 13.2. The average molecular weight is 440 g/mol. The van der Waals surface area contributed by atoms with E-state index in [1.165, 1.54) is 6.07 Å². The Morgan fingerprint density at radius 3 is 2.60 bits per heavy atom. The molecule has 3 aromatic rings. The summed E-state index contributed by atoms with van der Waals surface area (Å²) < 4.78 is 70.6. The predicted octanol–water partition coefficient (Wildman–Crippen LogP) is 4.03. The number of carbonyl (C=O) groups is 1. The molecule has 0 spiro atoms. The number of aryl methyl sites for hydroxylation is 2. The Labute approximate surface area is 171 Å². The summed E-state index contributed by atoms with van der Waals surface area (Å²) in [7, 11) is -3.85. The van der Waals surface area contributed by atoms with Crippen molar-refractivity contribution in [3.63, 3.8) is 0 Å². The van der Waals surface area contributed by atoms with Gasteiger partial charge in [-0.15, -0.1) is 0 Å². The van der Waals surface area contributed by atoms with E-state index in [4.69, 9.17) is 4.74 Å². The molecular weight excluding hydrogens is 421 g/mol. The van der Waals surface area contributed by atoms with Crippen LogP contribution in [0.4, 0.5) is 13.2 Å². The minimum absolute atomic E-state index is 0.00194. The molecule has 1 aromatic carbocycles. The molecule has 0 aliphatic heterocycles. The van der Waals surface area contributed by atoms with Gasteiger partial charge in [-0.25, -0.2) is 13.4 Å². The normalized spacial score (nSPS) is 12.3. The van der Waals surface area contributed by atoms with Crippen LogP contribution in [0.25, 0.3) is 22.0 Å². The number of alkyl halides is 3. The van der Waals surface area contributed by atoms with E-state index in [2.05, 4.69) is 4.98 Å². The van der Waals surface area contributed by atoms with E-state index >= 15 is 0 Å². The average Bonchev–Trinajstić information content (AvgIpc) is 3.06. The number of sulfone groups is 1. The van der Waals surface area contributed by atoms with Crippen LogP contribution in [-0.4, -0.2) is 36.1 Å². The summed E-state index contributed by atoms with van der Waals surface area (Å²) in [6.07, 6.45) is 2.98. The molecule has 10 heteroatoms. The highest BCUT2D eigenvalue weighted by atomic mass is 32.2. The van der Waals surface area contributed by atoms with Crippen LogP contribution in [-0.2, 0) is 32.8 Å². The lowest BCUT2D eigenvalue weighted by molar-refractivity contribution is -0.143. The second-order valence-electron chi connectivity index (χ2n) is 6.65. The maximum Gasteiger partial charge on any atom is 0.503 e. The van der Waals surface area contributed by atoms with Gasteiger partial charge in [-0.05, 0) is 48.7 Å². The van der Waals surface area contributed by atoms with Crippen LogP contribution >= 0.6 is 0 Å². The smallest absolute Gasteiger partial charge is 0.466 e. The molecule has 0 saturated heterocycles. The lowest BCUT2D eigenvalue weighted by Gasteiger charge is -2.14. The van der Waals surface area contributed by atoms with Crippen molar-refractivity contribution < 1.29 is 31.1 Å². The fraction of sp³-hybridized carbons (Fsp3) is 0.300. The Balaban J connectivity index is 2.12. The van der Waals surface area contributed by atoms with Crippen molar-refractivity contribution in [3.8, 4) is 11.1 Å². The fourth-order valence-electron chi connectivity index (χ4n) is 3.09. The van der Waals surface area contributed by atoms with E-state index < -0.39 is 26.3 Å². The summed E-state index contributed by atoms with van der Waals surface area (Å²) >= 11 is 0. The van der Waals surface area contributed by atoms with Gasteiger partial charge in [-0.2, -0.15) is 13.2 Å². The maximum absolute atomic E-state index is 13.2. The van der Waals surface area contributed by atoms with Gasteiger partial charge in [0.25, 0.3) is 9.84 Å². The van der Waals surface area contributed by atoms with E-state index in [-0.39, 0.29) is 30.6 Å². The number of rotatable bonds is 6. The van der Waals surface area contributed by atoms with Gasteiger partial charge in [0, 0.05) is 42.3 Å². The van der Waals surface area contributed by atoms with E-state index in [0.717, 1.165) is 17.1 Å². The zero-order valence-corrected chi connectivity index (χ0v) is 17.0. The first-order valence-corrected chi connectivity index (χ1v) is 10.5. The van der Waals surface area contributed by atoms with E-state index in [9.17, 15) is 26.4 Å². The summed E-state index contributed by atoms with van der Waals surface area (Å²) in [4.78, 5) is 15.2. The Morgan fingerprint density at radius 2 is 1.93 bits per heavy atom. The second-order valence-corrected chi connectivity index (χ2v) is 8.51. The summed E-state index contributed by atoms with van der Waals surface area (Å²) in [6, 6.07) is 7.95. The lowest BCUT2D eigenvalue weighted by Crippen LogP contribution is -2.25. The molecular formula is C20H19F3N2O4S. The molecule has 0 bridgehead atoms. The highest BCUT2D eigenvalue weighted by molar-refractivity contribution is 7.92. The Kier molecular flexibility index (Phi) is 5.89.